The third-order valence-corrected chi connectivity index (χ3v) is 5.75. The van der Waals surface area contributed by atoms with Gasteiger partial charge in [0.2, 0.25) is 18.6 Å². The first-order chi connectivity index (χ1) is 13.1. The van der Waals surface area contributed by atoms with Gasteiger partial charge >= 0.3 is 0 Å². The van der Waals surface area contributed by atoms with E-state index in [0.717, 1.165) is 36.4 Å². The summed E-state index contributed by atoms with van der Waals surface area (Å²) < 4.78 is 10.8. The molecule has 3 aliphatic heterocycles. The molecule has 2 saturated heterocycles. The molecule has 0 unspecified atom stereocenters. The van der Waals surface area contributed by atoms with Crippen LogP contribution < -0.4 is 9.47 Å². The number of benzene rings is 1. The minimum atomic E-state index is -0.594. The van der Waals surface area contributed by atoms with Gasteiger partial charge in [0.05, 0.1) is 6.10 Å². The number of hydrogen-bond donors (Lipinski definition) is 1. The topological polar surface area (TPSA) is 79.3 Å². The molecule has 0 spiro atoms. The van der Waals surface area contributed by atoms with Crippen molar-refractivity contribution < 1.29 is 24.2 Å². The second-order valence-corrected chi connectivity index (χ2v) is 7.50. The van der Waals surface area contributed by atoms with Gasteiger partial charge in [-0.25, -0.2) is 0 Å². The molecular formula is C20H26N2O5. The first kappa shape index (κ1) is 18.1. The highest BCUT2D eigenvalue weighted by atomic mass is 16.7. The molecule has 1 aromatic carbocycles. The summed E-state index contributed by atoms with van der Waals surface area (Å²) in [6.45, 7) is 2.68. The zero-order valence-corrected chi connectivity index (χ0v) is 15.4. The fraction of sp³-hybridized carbons (Fsp3) is 0.600. The van der Waals surface area contributed by atoms with Crippen molar-refractivity contribution >= 4 is 11.8 Å². The van der Waals surface area contributed by atoms with Gasteiger partial charge in [0.25, 0.3) is 0 Å². The number of amides is 2. The predicted octanol–water partition coefficient (Wildman–Crippen LogP) is 1.49. The van der Waals surface area contributed by atoms with Crippen LogP contribution >= 0.6 is 0 Å². The number of piperidine rings is 1. The van der Waals surface area contributed by atoms with E-state index in [9.17, 15) is 14.7 Å². The summed E-state index contributed by atoms with van der Waals surface area (Å²) in [6.07, 6.45) is 2.79. The molecule has 27 heavy (non-hydrogen) atoms. The van der Waals surface area contributed by atoms with Gasteiger partial charge in [-0.05, 0) is 37.0 Å². The van der Waals surface area contributed by atoms with E-state index in [0.29, 0.717) is 38.9 Å². The maximum absolute atomic E-state index is 12.5. The van der Waals surface area contributed by atoms with E-state index in [-0.39, 0.29) is 24.5 Å². The number of rotatable bonds is 5. The molecule has 146 valence electrons. The maximum atomic E-state index is 12.5. The van der Waals surface area contributed by atoms with Crippen molar-refractivity contribution in [3.8, 4) is 11.5 Å². The van der Waals surface area contributed by atoms with Gasteiger partial charge in [0, 0.05) is 44.9 Å². The number of ether oxygens (including phenoxy) is 2. The highest BCUT2D eigenvalue weighted by molar-refractivity contribution is 5.78. The van der Waals surface area contributed by atoms with Crippen LogP contribution in [0.5, 0.6) is 11.5 Å². The molecule has 1 aromatic rings. The number of aliphatic hydroxyl groups excluding tert-OH is 1. The third-order valence-electron chi connectivity index (χ3n) is 5.75. The van der Waals surface area contributed by atoms with Crippen molar-refractivity contribution in [1.29, 1.82) is 0 Å². The van der Waals surface area contributed by atoms with Gasteiger partial charge in [-0.3, -0.25) is 9.59 Å². The van der Waals surface area contributed by atoms with E-state index in [4.69, 9.17) is 9.47 Å². The summed E-state index contributed by atoms with van der Waals surface area (Å²) >= 11 is 0. The summed E-state index contributed by atoms with van der Waals surface area (Å²) in [4.78, 5) is 27.7. The second kappa shape index (κ2) is 7.76. The number of nitrogens with zero attached hydrogens (tertiary/aromatic N) is 2. The van der Waals surface area contributed by atoms with Gasteiger partial charge in [0.1, 0.15) is 0 Å². The summed E-state index contributed by atoms with van der Waals surface area (Å²) in [7, 11) is 0. The largest absolute Gasteiger partial charge is 0.454 e. The maximum Gasteiger partial charge on any atom is 0.231 e. The highest BCUT2D eigenvalue weighted by Crippen LogP contribution is 2.37. The Hall–Kier alpha value is -2.28. The van der Waals surface area contributed by atoms with Crippen LogP contribution in [-0.4, -0.2) is 65.8 Å². The smallest absolute Gasteiger partial charge is 0.231 e. The second-order valence-electron chi connectivity index (χ2n) is 7.50. The quantitative estimate of drug-likeness (QED) is 0.845. The SMILES string of the molecule is O=C1CCCN1CCCC(=O)N1CC[C@@H](c2ccc3c(c2)OCO3)[C@H](O)C1. The van der Waals surface area contributed by atoms with Crippen LogP contribution in [0, 0.1) is 0 Å². The Morgan fingerprint density at radius 1 is 1.22 bits per heavy atom. The number of hydrogen-bond acceptors (Lipinski definition) is 5. The Bertz CT molecular complexity index is 722. The molecule has 7 heteroatoms. The van der Waals surface area contributed by atoms with E-state index < -0.39 is 6.10 Å². The lowest BCUT2D eigenvalue weighted by Crippen LogP contribution is -2.45. The van der Waals surface area contributed by atoms with Crippen LogP contribution in [0.15, 0.2) is 18.2 Å². The van der Waals surface area contributed by atoms with E-state index >= 15 is 0 Å². The molecule has 0 aliphatic carbocycles. The molecule has 0 aromatic heterocycles. The third kappa shape index (κ3) is 3.88. The lowest BCUT2D eigenvalue weighted by atomic mass is 9.86. The minimum Gasteiger partial charge on any atom is -0.454 e. The Morgan fingerprint density at radius 2 is 2.07 bits per heavy atom. The minimum absolute atomic E-state index is 0.00854. The van der Waals surface area contributed by atoms with E-state index in [1.54, 1.807) is 4.90 Å². The van der Waals surface area contributed by atoms with Crippen LogP contribution in [0.2, 0.25) is 0 Å². The fourth-order valence-electron chi connectivity index (χ4n) is 4.21. The Balaban J connectivity index is 1.28. The average molecular weight is 374 g/mol. The van der Waals surface area contributed by atoms with Crippen LogP contribution in [0.25, 0.3) is 0 Å². The Kier molecular flexibility index (Phi) is 5.20. The normalized spacial score (nSPS) is 24.6. The van der Waals surface area contributed by atoms with Crippen molar-refractivity contribution in [2.24, 2.45) is 0 Å². The molecule has 0 saturated carbocycles. The number of fused-ring (bicyclic) bond motifs is 1. The zero-order valence-electron chi connectivity index (χ0n) is 15.4. The Morgan fingerprint density at radius 3 is 2.85 bits per heavy atom. The van der Waals surface area contributed by atoms with Crippen molar-refractivity contribution in [2.45, 2.75) is 44.1 Å². The van der Waals surface area contributed by atoms with E-state index in [2.05, 4.69) is 0 Å². The van der Waals surface area contributed by atoms with Gasteiger partial charge in [-0.1, -0.05) is 6.07 Å². The number of aliphatic hydroxyl groups is 1. The molecule has 4 rings (SSSR count). The summed E-state index contributed by atoms with van der Waals surface area (Å²) in [5, 5.41) is 10.6. The fourth-order valence-corrected chi connectivity index (χ4v) is 4.21. The zero-order chi connectivity index (χ0) is 18.8. The van der Waals surface area contributed by atoms with Crippen molar-refractivity contribution in [3.05, 3.63) is 23.8 Å². The number of carbonyl (C=O) groups excluding carboxylic acids is 2. The highest BCUT2D eigenvalue weighted by Gasteiger charge is 2.32. The predicted molar refractivity (Wildman–Crippen MR) is 97.6 cm³/mol. The lowest BCUT2D eigenvalue weighted by molar-refractivity contribution is -0.135. The van der Waals surface area contributed by atoms with Crippen LogP contribution in [0.4, 0.5) is 0 Å². The monoisotopic (exact) mass is 374 g/mol. The summed E-state index contributed by atoms with van der Waals surface area (Å²) in [6, 6.07) is 5.77. The van der Waals surface area contributed by atoms with Crippen LogP contribution in [-0.2, 0) is 9.59 Å². The van der Waals surface area contributed by atoms with Gasteiger partial charge in [0.15, 0.2) is 11.5 Å². The summed E-state index contributed by atoms with van der Waals surface area (Å²) in [5.41, 5.74) is 1.02. The molecule has 3 aliphatic rings. The average Bonchev–Trinajstić information content (AvgIpc) is 3.30. The summed E-state index contributed by atoms with van der Waals surface area (Å²) in [5.74, 6) is 1.70. The lowest BCUT2D eigenvalue weighted by Gasteiger charge is -2.36. The first-order valence-corrected chi connectivity index (χ1v) is 9.75. The molecule has 3 heterocycles. The van der Waals surface area contributed by atoms with Crippen molar-refractivity contribution in [2.75, 3.05) is 33.0 Å². The standard InChI is InChI=1S/C20H26N2O5/c23-16-12-22(20(25)4-2-9-21-8-1-3-19(21)24)10-7-15(16)14-5-6-17-18(11-14)27-13-26-17/h5-6,11,15-16,23H,1-4,7-10,12-13H2/t15-,16+/m0/s1. The molecule has 0 bridgehead atoms. The number of β-amino-alcohol motifs (C(OH)–C–C–N with tert-alkyl or cyclic N) is 1. The van der Waals surface area contributed by atoms with Gasteiger partial charge < -0.3 is 24.4 Å². The molecule has 2 atom stereocenters. The van der Waals surface area contributed by atoms with Crippen LogP contribution in [0.1, 0.15) is 43.6 Å². The van der Waals surface area contributed by atoms with E-state index in [1.807, 2.05) is 23.1 Å². The number of likely N-dealkylation sites (tertiary alicyclic amines) is 2. The van der Waals surface area contributed by atoms with Crippen molar-refractivity contribution in [1.82, 2.24) is 9.80 Å². The van der Waals surface area contributed by atoms with Gasteiger partial charge in [-0.2, -0.15) is 0 Å². The molecule has 1 N–H and O–H groups in total. The van der Waals surface area contributed by atoms with Crippen molar-refractivity contribution in [3.63, 3.8) is 0 Å². The molecular weight excluding hydrogens is 348 g/mol. The van der Waals surface area contributed by atoms with Gasteiger partial charge in [-0.15, -0.1) is 0 Å². The molecule has 2 amide bonds. The molecule has 7 nitrogen and oxygen atoms in total. The van der Waals surface area contributed by atoms with Crippen LogP contribution in [0.3, 0.4) is 0 Å². The van der Waals surface area contributed by atoms with E-state index in [1.165, 1.54) is 0 Å². The Labute approximate surface area is 158 Å². The molecule has 0 radical (unpaired) electrons. The molecule has 2 fully saturated rings. The first-order valence-electron chi connectivity index (χ1n) is 9.75. The number of carbonyl (C=O) groups is 2.